The molecule has 1 fully saturated rings. The van der Waals surface area contributed by atoms with Crippen molar-refractivity contribution in [1.82, 2.24) is 0 Å². The minimum Gasteiger partial charge on any atom is -0.485 e. The molecule has 0 saturated carbocycles. The van der Waals surface area contributed by atoms with Gasteiger partial charge < -0.3 is 25.7 Å². The molecule has 1 heterocycles. The Morgan fingerprint density at radius 2 is 2.43 bits per heavy atom. The first-order valence-electron chi connectivity index (χ1n) is 6.78. The number of benzene rings is 1. The zero-order chi connectivity index (χ0) is 15.1. The minimum absolute atomic E-state index is 0.0185. The predicted octanol–water partition coefficient (Wildman–Crippen LogP) is 1.32. The topological polar surface area (TPSA) is 106 Å². The summed E-state index contributed by atoms with van der Waals surface area (Å²) in [6.07, 6.45) is 2.31. The summed E-state index contributed by atoms with van der Waals surface area (Å²) in [6, 6.07) is 6.92. The van der Waals surface area contributed by atoms with Gasteiger partial charge in [0.15, 0.2) is 5.84 Å². The highest BCUT2D eigenvalue weighted by molar-refractivity contribution is 5.91. The smallest absolute Gasteiger partial charge is 0.226 e. The number of hydrogen-bond donors (Lipinski definition) is 3. The van der Waals surface area contributed by atoms with Crippen molar-refractivity contribution in [2.24, 2.45) is 10.9 Å². The van der Waals surface area contributed by atoms with Crippen LogP contribution in [0, 0.1) is 0 Å². The molecule has 114 valence electrons. The highest BCUT2D eigenvalue weighted by atomic mass is 16.5. The number of nitrogens with two attached hydrogens (primary N) is 1. The van der Waals surface area contributed by atoms with E-state index in [4.69, 9.17) is 20.4 Å². The van der Waals surface area contributed by atoms with Crippen LogP contribution in [0.4, 0.5) is 5.69 Å². The largest absolute Gasteiger partial charge is 0.485 e. The fraction of sp³-hybridized carbons (Fsp3) is 0.429. The summed E-state index contributed by atoms with van der Waals surface area (Å²) >= 11 is 0. The number of nitrogens with one attached hydrogen (secondary N) is 1. The Labute approximate surface area is 122 Å². The molecular formula is C14H19N3O4. The van der Waals surface area contributed by atoms with Crippen LogP contribution in [0.5, 0.6) is 5.75 Å². The SMILES string of the molecule is NC(COc1cccc(NC(=O)CC2CCCO2)c1)=NO. The molecule has 7 heteroatoms. The van der Waals surface area contributed by atoms with Crippen LogP contribution >= 0.6 is 0 Å². The number of anilines is 1. The molecule has 1 aliphatic heterocycles. The van der Waals surface area contributed by atoms with Crippen LogP contribution in [0.1, 0.15) is 19.3 Å². The highest BCUT2D eigenvalue weighted by Crippen LogP contribution is 2.19. The Morgan fingerprint density at radius 1 is 1.57 bits per heavy atom. The maximum absolute atomic E-state index is 11.9. The van der Waals surface area contributed by atoms with Crippen LogP contribution in [-0.4, -0.2) is 36.3 Å². The quantitative estimate of drug-likeness (QED) is 0.317. The summed E-state index contributed by atoms with van der Waals surface area (Å²) in [5.74, 6) is 0.412. The van der Waals surface area contributed by atoms with Gasteiger partial charge in [0, 0.05) is 18.4 Å². The maximum atomic E-state index is 11.9. The molecule has 1 saturated heterocycles. The average Bonchev–Trinajstić information content (AvgIpc) is 2.97. The summed E-state index contributed by atoms with van der Waals surface area (Å²) < 4.78 is 10.7. The molecule has 1 aliphatic rings. The van der Waals surface area contributed by atoms with Crippen LogP contribution in [0.2, 0.25) is 0 Å². The second-order valence-corrected chi connectivity index (χ2v) is 4.80. The Bertz CT molecular complexity index is 513. The molecule has 1 amide bonds. The molecule has 1 atom stereocenters. The van der Waals surface area contributed by atoms with Gasteiger partial charge in [-0.25, -0.2) is 0 Å². The molecule has 4 N–H and O–H groups in total. The summed E-state index contributed by atoms with van der Waals surface area (Å²) in [5.41, 5.74) is 5.96. The van der Waals surface area contributed by atoms with Gasteiger partial charge in [-0.2, -0.15) is 0 Å². The third-order valence-corrected chi connectivity index (χ3v) is 3.07. The zero-order valence-corrected chi connectivity index (χ0v) is 11.6. The normalized spacial score (nSPS) is 18.5. The van der Waals surface area contributed by atoms with E-state index in [1.54, 1.807) is 24.3 Å². The molecule has 1 aromatic rings. The van der Waals surface area contributed by atoms with E-state index < -0.39 is 0 Å². The number of oxime groups is 1. The molecule has 0 aromatic heterocycles. The number of nitrogens with zero attached hydrogens (tertiary/aromatic N) is 1. The van der Waals surface area contributed by atoms with E-state index in [0.717, 1.165) is 19.4 Å². The summed E-state index contributed by atoms with van der Waals surface area (Å²) in [5, 5.41) is 14.1. The van der Waals surface area contributed by atoms with Crippen molar-refractivity contribution >= 4 is 17.4 Å². The second kappa shape index (κ2) is 7.49. The Balaban J connectivity index is 1.86. The van der Waals surface area contributed by atoms with Crippen LogP contribution in [0.25, 0.3) is 0 Å². The molecular weight excluding hydrogens is 274 g/mol. The maximum Gasteiger partial charge on any atom is 0.226 e. The van der Waals surface area contributed by atoms with Crippen LogP contribution < -0.4 is 15.8 Å². The van der Waals surface area contributed by atoms with Crippen molar-refractivity contribution < 1.29 is 19.5 Å². The molecule has 1 unspecified atom stereocenters. The van der Waals surface area contributed by atoms with Gasteiger partial charge in [-0.3, -0.25) is 4.79 Å². The number of carbonyl (C=O) groups excluding carboxylic acids is 1. The summed E-state index contributed by atoms with van der Waals surface area (Å²) in [6.45, 7) is 0.707. The lowest BCUT2D eigenvalue weighted by Crippen LogP contribution is -2.21. The van der Waals surface area contributed by atoms with E-state index in [9.17, 15) is 4.79 Å². The van der Waals surface area contributed by atoms with E-state index in [1.807, 2.05) is 0 Å². The van der Waals surface area contributed by atoms with Crippen molar-refractivity contribution in [2.75, 3.05) is 18.5 Å². The molecule has 0 radical (unpaired) electrons. The highest BCUT2D eigenvalue weighted by Gasteiger charge is 2.19. The number of hydrogen-bond acceptors (Lipinski definition) is 5. The van der Waals surface area contributed by atoms with E-state index in [0.29, 0.717) is 17.9 Å². The third-order valence-electron chi connectivity index (χ3n) is 3.07. The Hall–Kier alpha value is -2.28. The first kappa shape index (κ1) is 15.1. The van der Waals surface area contributed by atoms with Crippen molar-refractivity contribution in [3.05, 3.63) is 24.3 Å². The van der Waals surface area contributed by atoms with Crippen molar-refractivity contribution in [1.29, 1.82) is 0 Å². The van der Waals surface area contributed by atoms with Gasteiger partial charge in [0.1, 0.15) is 12.4 Å². The van der Waals surface area contributed by atoms with E-state index in [2.05, 4.69) is 10.5 Å². The summed E-state index contributed by atoms with van der Waals surface area (Å²) in [4.78, 5) is 11.9. The molecule has 0 aliphatic carbocycles. The van der Waals surface area contributed by atoms with Gasteiger partial charge in [-0.05, 0) is 25.0 Å². The summed E-state index contributed by atoms with van der Waals surface area (Å²) in [7, 11) is 0. The lowest BCUT2D eigenvalue weighted by Gasteiger charge is -2.11. The van der Waals surface area contributed by atoms with Gasteiger partial charge in [-0.15, -0.1) is 0 Å². The lowest BCUT2D eigenvalue weighted by atomic mass is 10.2. The van der Waals surface area contributed by atoms with Gasteiger partial charge in [0.05, 0.1) is 12.5 Å². The number of carbonyl (C=O) groups is 1. The minimum atomic E-state index is -0.0875. The van der Waals surface area contributed by atoms with Crippen molar-refractivity contribution in [2.45, 2.75) is 25.4 Å². The van der Waals surface area contributed by atoms with Gasteiger partial charge in [0.25, 0.3) is 0 Å². The van der Waals surface area contributed by atoms with Gasteiger partial charge in [-0.1, -0.05) is 11.2 Å². The van der Waals surface area contributed by atoms with Crippen molar-refractivity contribution in [3.63, 3.8) is 0 Å². The predicted molar refractivity (Wildman–Crippen MR) is 77.6 cm³/mol. The first-order chi connectivity index (χ1) is 10.2. The zero-order valence-electron chi connectivity index (χ0n) is 11.6. The van der Waals surface area contributed by atoms with Crippen LogP contribution in [0.15, 0.2) is 29.4 Å². The molecule has 0 spiro atoms. The fourth-order valence-electron chi connectivity index (χ4n) is 2.07. The molecule has 0 bridgehead atoms. The monoisotopic (exact) mass is 293 g/mol. The van der Waals surface area contributed by atoms with Gasteiger partial charge in [0.2, 0.25) is 5.91 Å². The van der Waals surface area contributed by atoms with E-state index >= 15 is 0 Å². The molecule has 2 rings (SSSR count). The Morgan fingerprint density at radius 3 is 3.14 bits per heavy atom. The van der Waals surface area contributed by atoms with E-state index in [1.165, 1.54) is 0 Å². The Kier molecular flexibility index (Phi) is 5.39. The second-order valence-electron chi connectivity index (χ2n) is 4.80. The van der Waals surface area contributed by atoms with Crippen molar-refractivity contribution in [3.8, 4) is 5.75 Å². The third kappa shape index (κ3) is 4.96. The average molecular weight is 293 g/mol. The first-order valence-corrected chi connectivity index (χ1v) is 6.78. The number of amidine groups is 1. The number of rotatable bonds is 6. The standard InChI is InChI=1S/C14H19N3O4/c15-13(17-19)9-21-11-4-1-3-10(7-11)16-14(18)8-12-5-2-6-20-12/h1,3-4,7,12,19H,2,5-6,8-9H2,(H2,15,17)(H,16,18). The number of amides is 1. The number of ether oxygens (including phenoxy) is 2. The molecule has 1 aromatic carbocycles. The lowest BCUT2D eigenvalue weighted by molar-refractivity contribution is -0.118. The van der Waals surface area contributed by atoms with Crippen LogP contribution in [0.3, 0.4) is 0 Å². The van der Waals surface area contributed by atoms with Gasteiger partial charge >= 0.3 is 0 Å². The molecule has 21 heavy (non-hydrogen) atoms. The molecule has 7 nitrogen and oxygen atoms in total. The fourth-order valence-corrected chi connectivity index (χ4v) is 2.07. The van der Waals surface area contributed by atoms with Crippen LogP contribution in [-0.2, 0) is 9.53 Å². The van der Waals surface area contributed by atoms with E-state index in [-0.39, 0.29) is 24.5 Å².